The number of carbonyl (C=O) groups is 1. The number of methoxy groups -OCH3 is 1. The van der Waals surface area contributed by atoms with Crippen LogP contribution < -0.4 is 10.6 Å². The van der Waals surface area contributed by atoms with Gasteiger partial charge in [-0.15, -0.1) is 12.4 Å². The third-order valence-corrected chi connectivity index (χ3v) is 3.65. The molecule has 1 rings (SSSR count). The van der Waals surface area contributed by atoms with Gasteiger partial charge in [0.25, 0.3) is 0 Å². The molecule has 120 valence electrons. The van der Waals surface area contributed by atoms with E-state index >= 15 is 0 Å². The lowest BCUT2D eigenvalue weighted by Crippen LogP contribution is -2.41. The number of hydrogen-bond donors (Lipinski definition) is 2. The van der Waals surface area contributed by atoms with Crippen molar-refractivity contribution in [2.45, 2.75) is 19.3 Å². The quantitative estimate of drug-likeness (QED) is 0.682. The molecule has 0 heterocycles. The van der Waals surface area contributed by atoms with Crippen molar-refractivity contribution in [1.82, 2.24) is 10.6 Å². The zero-order valence-corrected chi connectivity index (χ0v) is 15.1. The number of benzene rings is 1. The molecule has 0 aliphatic rings. The van der Waals surface area contributed by atoms with Crippen LogP contribution >= 0.6 is 28.3 Å². The van der Waals surface area contributed by atoms with E-state index in [1.54, 1.807) is 7.11 Å². The number of nitrogens with one attached hydrogen (secondary N) is 2. The maximum absolute atomic E-state index is 11.7. The average Bonchev–Trinajstić information content (AvgIpc) is 2.42. The summed E-state index contributed by atoms with van der Waals surface area (Å²) in [4.78, 5) is 11.7. The Hall–Kier alpha value is -0.620. The summed E-state index contributed by atoms with van der Waals surface area (Å²) in [6.07, 6.45) is 0. The van der Waals surface area contributed by atoms with Crippen LogP contribution in [-0.4, -0.2) is 39.3 Å². The third-order valence-electron chi connectivity index (χ3n) is 3.12. The highest BCUT2D eigenvalue weighted by atomic mass is 79.9. The largest absolute Gasteiger partial charge is 0.383 e. The van der Waals surface area contributed by atoms with E-state index in [-0.39, 0.29) is 23.7 Å². The number of hydrogen-bond acceptors (Lipinski definition) is 3. The van der Waals surface area contributed by atoms with Crippen molar-refractivity contribution >= 4 is 34.2 Å². The SMILES string of the molecule is COCCNCC(=O)NCC(C)(C)c1ccc(Br)cc1.Cl. The second-order valence-corrected chi connectivity index (χ2v) is 6.25. The Kier molecular flexibility index (Phi) is 9.86. The summed E-state index contributed by atoms with van der Waals surface area (Å²) in [5.74, 6) is 0.00582. The Morgan fingerprint density at radius 2 is 1.90 bits per heavy atom. The van der Waals surface area contributed by atoms with Crippen LogP contribution in [0.2, 0.25) is 0 Å². The molecule has 1 amide bonds. The van der Waals surface area contributed by atoms with Gasteiger partial charge in [-0.2, -0.15) is 0 Å². The Balaban J connectivity index is 0.00000400. The first kappa shape index (κ1) is 20.4. The lowest BCUT2D eigenvalue weighted by atomic mass is 9.84. The fourth-order valence-electron chi connectivity index (χ4n) is 1.76. The number of carbonyl (C=O) groups excluding carboxylic acids is 1. The molecule has 0 saturated heterocycles. The Labute approximate surface area is 141 Å². The van der Waals surface area contributed by atoms with Crippen LogP contribution in [-0.2, 0) is 14.9 Å². The molecule has 0 aromatic heterocycles. The van der Waals surface area contributed by atoms with Gasteiger partial charge in [-0.05, 0) is 17.7 Å². The molecule has 0 atom stereocenters. The molecule has 4 nitrogen and oxygen atoms in total. The van der Waals surface area contributed by atoms with E-state index in [2.05, 4.69) is 52.5 Å². The van der Waals surface area contributed by atoms with Gasteiger partial charge in [0.05, 0.1) is 13.2 Å². The molecular formula is C15H24BrClN2O2. The predicted molar refractivity (Wildman–Crippen MR) is 92.2 cm³/mol. The molecule has 0 unspecified atom stereocenters. The highest BCUT2D eigenvalue weighted by Crippen LogP contribution is 2.23. The summed E-state index contributed by atoms with van der Waals surface area (Å²) >= 11 is 3.43. The maximum atomic E-state index is 11.7. The summed E-state index contributed by atoms with van der Waals surface area (Å²) in [5.41, 5.74) is 1.11. The van der Waals surface area contributed by atoms with Crippen LogP contribution in [0, 0.1) is 0 Å². The fourth-order valence-corrected chi connectivity index (χ4v) is 2.03. The molecule has 0 aliphatic heterocycles. The molecule has 0 saturated carbocycles. The first-order valence-corrected chi connectivity index (χ1v) is 7.47. The zero-order chi connectivity index (χ0) is 15.0. The first-order valence-electron chi connectivity index (χ1n) is 6.68. The number of ether oxygens (including phenoxy) is 1. The summed E-state index contributed by atoms with van der Waals surface area (Å²) in [5, 5.41) is 5.99. The van der Waals surface area contributed by atoms with Gasteiger partial charge in [0.1, 0.15) is 0 Å². The molecular weight excluding hydrogens is 356 g/mol. The summed E-state index contributed by atoms with van der Waals surface area (Å²) in [6.45, 7) is 6.46. The van der Waals surface area contributed by atoms with Crippen molar-refractivity contribution in [2.24, 2.45) is 0 Å². The molecule has 1 aromatic carbocycles. The molecule has 6 heteroatoms. The van der Waals surface area contributed by atoms with Crippen molar-refractivity contribution in [3.8, 4) is 0 Å². The first-order chi connectivity index (χ1) is 9.45. The van der Waals surface area contributed by atoms with Gasteiger partial charge in [0.2, 0.25) is 5.91 Å². The second kappa shape index (κ2) is 10.2. The third kappa shape index (κ3) is 7.81. The number of halogens is 2. The minimum Gasteiger partial charge on any atom is -0.383 e. The number of rotatable bonds is 8. The Bertz CT molecular complexity index is 424. The molecule has 21 heavy (non-hydrogen) atoms. The van der Waals surface area contributed by atoms with Gasteiger partial charge in [-0.1, -0.05) is 41.9 Å². The smallest absolute Gasteiger partial charge is 0.233 e. The van der Waals surface area contributed by atoms with E-state index in [4.69, 9.17) is 4.74 Å². The molecule has 0 spiro atoms. The van der Waals surface area contributed by atoms with Gasteiger partial charge in [-0.3, -0.25) is 4.79 Å². The van der Waals surface area contributed by atoms with Crippen LogP contribution in [0.3, 0.4) is 0 Å². The number of amides is 1. The monoisotopic (exact) mass is 378 g/mol. The van der Waals surface area contributed by atoms with Crippen molar-refractivity contribution in [3.63, 3.8) is 0 Å². The van der Waals surface area contributed by atoms with E-state index in [9.17, 15) is 4.79 Å². The normalized spacial score (nSPS) is 10.9. The standard InChI is InChI=1S/C15H23BrN2O2.ClH/c1-15(2,12-4-6-13(16)7-5-12)11-18-14(19)10-17-8-9-20-3;/h4-7,17H,8-11H2,1-3H3,(H,18,19);1H. The minimum atomic E-state index is -0.0944. The van der Waals surface area contributed by atoms with Gasteiger partial charge < -0.3 is 15.4 Å². The summed E-state index contributed by atoms with van der Waals surface area (Å²) < 4.78 is 5.97. The van der Waals surface area contributed by atoms with Gasteiger partial charge in [-0.25, -0.2) is 0 Å². The summed E-state index contributed by atoms with van der Waals surface area (Å²) in [7, 11) is 1.64. The van der Waals surface area contributed by atoms with Crippen molar-refractivity contribution in [3.05, 3.63) is 34.3 Å². The molecule has 0 aliphatic carbocycles. The van der Waals surface area contributed by atoms with Crippen molar-refractivity contribution in [1.29, 1.82) is 0 Å². The second-order valence-electron chi connectivity index (χ2n) is 5.34. The topological polar surface area (TPSA) is 50.4 Å². The highest BCUT2D eigenvalue weighted by Gasteiger charge is 2.21. The lowest BCUT2D eigenvalue weighted by molar-refractivity contribution is -0.120. The van der Waals surface area contributed by atoms with Crippen LogP contribution in [0.1, 0.15) is 19.4 Å². The van der Waals surface area contributed by atoms with Crippen LogP contribution in [0.15, 0.2) is 28.7 Å². The Morgan fingerprint density at radius 3 is 2.48 bits per heavy atom. The van der Waals surface area contributed by atoms with E-state index in [0.29, 0.717) is 26.2 Å². The predicted octanol–water partition coefficient (Wildman–Crippen LogP) is 2.50. The van der Waals surface area contributed by atoms with Gasteiger partial charge in [0, 0.05) is 30.1 Å². The Morgan fingerprint density at radius 1 is 1.29 bits per heavy atom. The molecule has 0 radical (unpaired) electrons. The van der Waals surface area contributed by atoms with E-state index in [1.165, 1.54) is 5.56 Å². The molecule has 1 aromatic rings. The molecule has 0 fully saturated rings. The van der Waals surface area contributed by atoms with Crippen molar-refractivity contribution in [2.75, 3.05) is 33.4 Å². The molecule has 0 bridgehead atoms. The van der Waals surface area contributed by atoms with E-state index in [1.807, 2.05) is 12.1 Å². The van der Waals surface area contributed by atoms with Gasteiger partial charge >= 0.3 is 0 Å². The summed E-state index contributed by atoms with van der Waals surface area (Å²) in [6, 6.07) is 8.19. The van der Waals surface area contributed by atoms with E-state index < -0.39 is 0 Å². The molecule has 2 N–H and O–H groups in total. The van der Waals surface area contributed by atoms with E-state index in [0.717, 1.165) is 4.47 Å². The maximum Gasteiger partial charge on any atom is 0.233 e. The average molecular weight is 380 g/mol. The van der Waals surface area contributed by atoms with Crippen LogP contribution in [0.25, 0.3) is 0 Å². The van der Waals surface area contributed by atoms with Gasteiger partial charge in [0.15, 0.2) is 0 Å². The van der Waals surface area contributed by atoms with Crippen LogP contribution in [0.5, 0.6) is 0 Å². The van der Waals surface area contributed by atoms with Crippen molar-refractivity contribution < 1.29 is 9.53 Å². The lowest BCUT2D eigenvalue weighted by Gasteiger charge is -2.25. The van der Waals surface area contributed by atoms with Crippen LogP contribution in [0.4, 0.5) is 0 Å². The minimum absolute atomic E-state index is 0. The highest BCUT2D eigenvalue weighted by molar-refractivity contribution is 9.10. The fraction of sp³-hybridized carbons (Fsp3) is 0.533. The zero-order valence-electron chi connectivity index (χ0n) is 12.7.